The first kappa shape index (κ1) is 43.1. The average molecular weight is 892 g/mol. The molecule has 2 aliphatic heterocycles. The fourth-order valence-electron chi connectivity index (χ4n) is 11.5. The third kappa shape index (κ3) is 6.40. The zero-order chi connectivity index (χ0) is 45.3. The van der Waals surface area contributed by atoms with Crippen LogP contribution in [0.2, 0.25) is 10.0 Å². The molecule has 2 aliphatic carbocycles. The van der Waals surface area contributed by atoms with Crippen molar-refractivity contribution < 1.29 is 29.4 Å². The first-order valence-corrected chi connectivity index (χ1v) is 22.4. The molecule has 0 bridgehead atoms. The molecule has 4 aliphatic rings. The largest absolute Gasteiger partial charge is 0.478 e. The van der Waals surface area contributed by atoms with Gasteiger partial charge in [0.15, 0.2) is 0 Å². The Balaban J connectivity index is 0.000000162. The van der Waals surface area contributed by atoms with Crippen LogP contribution in [0.1, 0.15) is 94.6 Å². The summed E-state index contributed by atoms with van der Waals surface area (Å²) >= 11 is 12.3. The number of carbonyl (C=O) groups excluding carboxylic acids is 2. The van der Waals surface area contributed by atoms with E-state index in [0.717, 1.165) is 57.6 Å². The van der Waals surface area contributed by atoms with Gasteiger partial charge >= 0.3 is 11.9 Å². The van der Waals surface area contributed by atoms with Crippen molar-refractivity contribution in [3.63, 3.8) is 0 Å². The number of nitrogens with zero attached hydrogens (tertiary/aromatic N) is 2. The third-order valence-electron chi connectivity index (χ3n) is 14.6. The lowest BCUT2D eigenvalue weighted by Gasteiger charge is -2.27. The lowest BCUT2D eigenvalue weighted by molar-refractivity contribution is -0.121. The van der Waals surface area contributed by atoms with Crippen molar-refractivity contribution in [2.24, 2.45) is 11.8 Å². The van der Waals surface area contributed by atoms with Crippen molar-refractivity contribution in [2.75, 3.05) is 9.80 Å². The van der Waals surface area contributed by atoms with E-state index in [-0.39, 0.29) is 45.6 Å². The maximum atomic E-state index is 14.1. The molecule has 2 spiro atoms. The predicted octanol–water partition coefficient (Wildman–Crippen LogP) is 11.6. The number of para-hydroxylation sites is 2. The fraction of sp³-hybridized carbons (Fsp3) is 0.259. The van der Waals surface area contributed by atoms with E-state index in [0.29, 0.717) is 23.1 Å². The van der Waals surface area contributed by atoms with Gasteiger partial charge in [-0.05, 0) is 119 Å². The second-order valence-electron chi connectivity index (χ2n) is 18.3. The highest BCUT2D eigenvalue weighted by Crippen LogP contribution is 2.74. The Morgan fingerprint density at radius 1 is 0.531 bits per heavy atom. The summed E-state index contributed by atoms with van der Waals surface area (Å²) in [7, 11) is 0. The average Bonchev–Trinajstić information content (AvgIpc) is 4.16. The molecule has 2 saturated carbocycles. The minimum absolute atomic E-state index is 0.0862. The van der Waals surface area contributed by atoms with Crippen LogP contribution in [0.4, 0.5) is 11.4 Å². The number of hydrogen-bond acceptors (Lipinski definition) is 4. The Morgan fingerprint density at radius 3 is 1.23 bits per heavy atom. The second kappa shape index (κ2) is 15.8. The maximum absolute atomic E-state index is 14.1. The van der Waals surface area contributed by atoms with E-state index in [1.54, 1.807) is 36.4 Å². The molecular weight excluding hydrogens is 844 g/mol. The van der Waals surface area contributed by atoms with Crippen LogP contribution in [-0.4, -0.2) is 34.0 Å². The molecule has 0 aromatic heterocycles. The quantitative estimate of drug-likeness (QED) is 0.142. The zero-order valence-corrected chi connectivity index (χ0v) is 37.5. The molecule has 2 fully saturated rings. The number of anilines is 2. The highest BCUT2D eigenvalue weighted by molar-refractivity contribution is 6.31. The normalized spacial score (nSPS) is 23.6. The summed E-state index contributed by atoms with van der Waals surface area (Å²) < 4.78 is 0. The Kier molecular flexibility index (Phi) is 10.6. The molecule has 10 heteroatoms. The molecule has 2 heterocycles. The first-order valence-electron chi connectivity index (χ1n) is 21.6. The van der Waals surface area contributed by atoms with Gasteiger partial charge in [0.25, 0.3) is 0 Å². The molecule has 0 saturated heterocycles. The third-order valence-corrected chi connectivity index (χ3v) is 15.1. The van der Waals surface area contributed by atoms with Gasteiger partial charge < -0.3 is 20.0 Å². The number of aromatic carboxylic acids is 2. The van der Waals surface area contributed by atoms with Crippen molar-refractivity contribution in [3.05, 3.63) is 200 Å². The van der Waals surface area contributed by atoms with Gasteiger partial charge in [0.2, 0.25) is 11.8 Å². The van der Waals surface area contributed by atoms with Crippen LogP contribution >= 0.6 is 23.2 Å². The summed E-state index contributed by atoms with van der Waals surface area (Å²) in [4.78, 5) is 54.7. The first-order chi connectivity index (χ1) is 30.6. The van der Waals surface area contributed by atoms with Gasteiger partial charge in [0.05, 0.1) is 35.0 Å². The molecular formula is C54H48Cl2N2O6. The van der Waals surface area contributed by atoms with Crippen LogP contribution in [0.3, 0.4) is 0 Å². The summed E-state index contributed by atoms with van der Waals surface area (Å²) in [5.41, 5.74) is 6.42. The van der Waals surface area contributed by atoms with Gasteiger partial charge in [-0.1, -0.05) is 136 Å². The van der Waals surface area contributed by atoms with E-state index in [2.05, 4.69) is 39.8 Å². The lowest BCUT2D eigenvalue weighted by Crippen LogP contribution is -2.38. The van der Waals surface area contributed by atoms with E-state index < -0.39 is 22.8 Å². The molecule has 2 amide bonds. The topological polar surface area (TPSA) is 115 Å². The maximum Gasteiger partial charge on any atom is 0.335 e. The number of halogens is 2. The number of rotatable bonds is 10. The number of carboxylic acids is 2. The van der Waals surface area contributed by atoms with Crippen molar-refractivity contribution in [1.29, 1.82) is 0 Å². The minimum atomic E-state index is -0.972. The van der Waals surface area contributed by atoms with Crippen molar-refractivity contribution >= 4 is 58.3 Å². The monoisotopic (exact) mass is 890 g/mol. The van der Waals surface area contributed by atoms with Crippen LogP contribution in [0.25, 0.3) is 0 Å². The van der Waals surface area contributed by atoms with Gasteiger partial charge in [0.1, 0.15) is 0 Å². The SMILES string of the molecule is CC(C)[C@]1(c2ccc(Cl)cc2)C[C@]12C(=O)N(Cc1cccc(C(=O)O)c1)c1ccccc12.CC(C)[C@]1(c2ccc(Cl)cc2)C[C@]12C(=O)N(Cc1cccc(C(=O)O)c1)c1ccccc12. The van der Waals surface area contributed by atoms with Crippen LogP contribution in [0.5, 0.6) is 0 Å². The Morgan fingerprint density at radius 2 is 0.891 bits per heavy atom. The number of carbonyl (C=O) groups is 4. The van der Waals surface area contributed by atoms with Gasteiger partial charge in [-0.3, -0.25) is 9.59 Å². The molecule has 2 N–H and O–H groups in total. The Labute approximate surface area is 383 Å². The van der Waals surface area contributed by atoms with Crippen LogP contribution < -0.4 is 9.80 Å². The summed E-state index contributed by atoms with van der Waals surface area (Å²) in [5, 5.41) is 20.1. The number of hydrogen-bond donors (Lipinski definition) is 2. The highest BCUT2D eigenvalue weighted by atomic mass is 35.5. The van der Waals surface area contributed by atoms with Crippen LogP contribution in [0, 0.1) is 11.8 Å². The van der Waals surface area contributed by atoms with Crippen LogP contribution in [0.15, 0.2) is 146 Å². The molecule has 0 radical (unpaired) electrons. The van der Waals surface area contributed by atoms with E-state index >= 15 is 0 Å². The van der Waals surface area contributed by atoms with Crippen molar-refractivity contribution in [3.8, 4) is 0 Å². The van der Waals surface area contributed by atoms with Gasteiger partial charge in [-0.2, -0.15) is 0 Å². The number of carboxylic acid groups (broad SMARTS) is 2. The molecule has 4 atom stereocenters. The predicted molar refractivity (Wildman–Crippen MR) is 251 cm³/mol. The fourth-order valence-corrected chi connectivity index (χ4v) is 11.8. The molecule has 0 unspecified atom stereocenters. The van der Waals surface area contributed by atoms with Gasteiger partial charge in [-0.15, -0.1) is 0 Å². The van der Waals surface area contributed by atoms with Crippen molar-refractivity contribution in [1.82, 2.24) is 0 Å². The molecule has 324 valence electrons. The summed E-state index contributed by atoms with van der Waals surface area (Å²) in [6.45, 7) is 9.40. The van der Waals surface area contributed by atoms with Crippen LogP contribution in [-0.2, 0) is 44.3 Å². The Bertz CT molecular complexity index is 2670. The number of benzene rings is 6. The number of fused-ring (bicyclic) bond motifs is 4. The summed E-state index contributed by atoms with van der Waals surface area (Å²) in [6.07, 6.45) is 1.50. The molecule has 8 nitrogen and oxygen atoms in total. The van der Waals surface area contributed by atoms with Gasteiger partial charge in [-0.25, -0.2) is 9.59 Å². The molecule has 10 rings (SSSR count). The second-order valence-corrected chi connectivity index (χ2v) is 19.1. The highest BCUT2D eigenvalue weighted by Gasteiger charge is 2.78. The summed E-state index contributed by atoms with van der Waals surface area (Å²) in [5.74, 6) is -1.28. The van der Waals surface area contributed by atoms with E-state index in [9.17, 15) is 29.4 Å². The standard InChI is InChI=1S/2C27H24ClNO3/c2*1-17(2)26(20-10-12-21(28)13-11-20)16-27(26)22-8-3-4-9-23(22)29(25(27)32)15-18-6-5-7-19(14-18)24(30)31/h2*3-14,17H,15-16H2,1-2H3,(H,30,31)/t2*26-,27-/m00/s1. The van der Waals surface area contributed by atoms with E-state index in [1.807, 2.05) is 107 Å². The van der Waals surface area contributed by atoms with E-state index in [1.165, 1.54) is 0 Å². The molecule has 64 heavy (non-hydrogen) atoms. The smallest absolute Gasteiger partial charge is 0.335 e. The molecule has 6 aromatic rings. The van der Waals surface area contributed by atoms with Crippen molar-refractivity contribution in [2.45, 2.75) is 75.3 Å². The zero-order valence-electron chi connectivity index (χ0n) is 36.0. The molecule has 6 aromatic carbocycles. The summed E-state index contributed by atoms with van der Waals surface area (Å²) in [6, 6.07) is 45.4. The Hall–Kier alpha value is -6.22. The van der Waals surface area contributed by atoms with E-state index in [4.69, 9.17) is 23.2 Å². The lowest BCUT2D eigenvalue weighted by atomic mass is 9.75. The minimum Gasteiger partial charge on any atom is -0.478 e. The number of amides is 2. The van der Waals surface area contributed by atoms with Gasteiger partial charge in [0, 0.05) is 32.3 Å².